The van der Waals surface area contributed by atoms with Crippen LogP contribution in [0.15, 0.2) is 18.6 Å². The van der Waals surface area contributed by atoms with E-state index in [1.54, 1.807) is 18.6 Å². The number of hydrogen-bond donors (Lipinski definition) is 2. The maximum Gasteiger partial charge on any atom is 0.107 e. The van der Waals surface area contributed by atoms with Crippen molar-refractivity contribution in [3.05, 3.63) is 24.3 Å². The van der Waals surface area contributed by atoms with Gasteiger partial charge in [0.1, 0.15) is 5.60 Å². The zero-order valence-corrected chi connectivity index (χ0v) is 9.69. The first-order valence-corrected chi connectivity index (χ1v) is 5.91. The predicted molar refractivity (Wildman–Crippen MR) is 61.9 cm³/mol. The molecule has 16 heavy (non-hydrogen) atoms. The van der Waals surface area contributed by atoms with Gasteiger partial charge in [-0.3, -0.25) is 9.97 Å². The molecule has 4 heteroatoms. The van der Waals surface area contributed by atoms with Gasteiger partial charge in [0.05, 0.1) is 11.9 Å². The third-order valence-electron chi connectivity index (χ3n) is 3.17. The first-order valence-electron chi connectivity index (χ1n) is 5.91. The van der Waals surface area contributed by atoms with Crippen molar-refractivity contribution in [2.45, 2.75) is 44.2 Å². The highest BCUT2D eigenvalue weighted by Gasteiger charge is 2.29. The summed E-state index contributed by atoms with van der Waals surface area (Å²) in [5.74, 6) is 0. The van der Waals surface area contributed by atoms with Crippen molar-refractivity contribution in [3.63, 3.8) is 0 Å². The van der Waals surface area contributed by atoms with Crippen LogP contribution in [-0.4, -0.2) is 27.7 Å². The van der Waals surface area contributed by atoms with Gasteiger partial charge >= 0.3 is 0 Å². The standard InChI is InChI=1S/C12H19N3O/c1-12(16,11-9-13-6-7-15-11)8-10-4-2-3-5-14-10/h6-7,9-10,14,16H,2-5,8H2,1H3. The summed E-state index contributed by atoms with van der Waals surface area (Å²) in [4.78, 5) is 8.18. The summed E-state index contributed by atoms with van der Waals surface area (Å²) in [6.07, 6.45) is 9.21. The average molecular weight is 221 g/mol. The molecule has 0 aromatic carbocycles. The van der Waals surface area contributed by atoms with Crippen LogP contribution in [0.25, 0.3) is 0 Å². The van der Waals surface area contributed by atoms with E-state index in [0.29, 0.717) is 18.2 Å². The van der Waals surface area contributed by atoms with Crippen LogP contribution >= 0.6 is 0 Å². The minimum absolute atomic E-state index is 0.394. The van der Waals surface area contributed by atoms with Crippen LogP contribution in [0.3, 0.4) is 0 Å². The zero-order valence-electron chi connectivity index (χ0n) is 9.69. The average Bonchev–Trinajstić information content (AvgIpc) is 2.31. The number of piperidine rings is 1. The lowest BCUT2D eigenvalue weighted by molar-refractivity contribution is 0.0287. The second-order valence-corrected chi connectivity index (χ2v) is 4.72. The van der Waals surface area contributed by atoms with Gasteiger partial charge < -0.3 is 10.4 Å². The number of nitrogens with one attached hydrogen (secondary N) is 1. The topological polar surface area (TPSA) is 58.0 Å². The lowest BCUT2D eigenvalue weighted by Crippen LogP contribution is -2.40. The molecule has 1 aromatic rings. The first kappa shape index (κ1) is 11.5. The molecule has 0 amide bonds. The van der Waals surface area contributed by atoms with E-state index in [-0.39, 0.29) is 0 Å². The van der Waals surface area contributed by atoms with E-state index >= 15 is 0 Å². The Hall–Kier alpha value is -1.00. The number of aromatic nitrogens is 2. The molecular formula is C12H19N3O. The molecule has 2 N–H and O–H groups in total. The smallest absolute Gasteiger partial charge is 0.107 e. The molecule has 2 rings (SSSR count). The van der Waals surface area contributed by atoms with E-state index in [4.69, 9.17) is 0 Å². The lowest BCUT2D eigenvalue weighted by atomic mass is 9.89. The Morgan fingerprint density at radius 3 is 3.00 bits per heavy atom. The van der Waals surface area contributed by atoms with E-state index in [9.17, 15) is 5.11 Å². The highest BCUT2D eigenvalue weighted by molar-refractivity contribution is 5.07. The molecule has 0 radical (unpaired) electrons. The number of rotatable bonds is 3. The molecule has 1 fully saturated rings. The van der Waals surface area contributed by atoms with Crippen molar-refractivity contribution in [3.8, 4) is 0 Å². The molecule has 0 bridgehead atoms. The fraction of sp³-hybridized carbons (Fsp3) is 0.667. The van der Waals surface area contributed by atoms with Gasteiger partial charge in [-0.15, -0.1) is 0 Å². The Bertz CT molecular complexity index is 320. The summed E-state index contributed by atoms with van der Waals surface area (Å²) >= 11 is 0. The summed E-state index contributed by atoms with van der Waals surface area (Å²) in [5.41, 5.74) is -0.231. The van der Waals surface area contributed by atoms with E-state index in [2.05, 4.69) is 15.3 Å². The molecule has 4 nitrogen and oxygen atoms in total. The summed E-state index contributed by atoms with van der Waals surface area (Å²) < 4.78 is 0. The monoisotopic (exact) mass is 221 g/mol. The molecule has 2 atom stereocenters. The molecule has 0 aliphatic carbocycles. The molecular weight excluding hydrogens is 202 g/mol. The number of nitrogens with zero attached hydrogens (tertiary/aromatic N) is 2. The van der Waals surface area contributed by atoms with Crippen molar-refractivity contribution in [2.75, 3.05) is 6.54 Å². The third-order valence-corrected chi connectivity index (χ3v) is 3.17. The molecule has 1 aromatic heterocycles. The molecule has 1 aliphatic rings. The third kappa shape index (κ3) is 2.77. The molecule has 2 unspecified atom stereocenters. The van der Waals surface area contributed by atoms with Gasteiger partial charge in [-0.2, -0.15) is 0 Å². The summed E-state index contributed by atoms with van der Waals surface area (Å²) in [6.45, 7) is 2.87. The van der Waals surface area contributed by atoms with Crippen molar-refractivity contribution in [2.24, 2.45) is 0 Å². The fourth-order valence-corrected chi connectivity index (χ4v) is 2.26. The molecule has 0 spiro atoms. The van der Waals surface area contributed by atoms with Crippen molar-refractivity contribution < 1.29 is 5.11 Å². The minimum Gasteiger partial charge on any atom is -0.384 e. The van der Waals surface area contributed by atoms with Gasteiger partial charge in [-0.05, 0) is 32.7 Å². The van der Waals surface area contributed by atoms with Crippen LogP contribution in [0.4, 0.5) is 0 Å². The summed E-state index contributed by atoms with van der Waals surface area (Å²) in [6, 6.07) is 0.394. The van der Waals surface area contributed by atoms with Crippen LogP contribution in [0.2, 0.25) is 0 Å². The van der Waals surface area contributed by atoms with Gasteiger partial charge in [0.25, 0.3) is 0 Å². The van der Waals surface area contributed by atoms with Crippen LogP contribution < -0.4 is 5.32 Å². The first-order chi connectivity index (χ1) is 7.68. The van der Waals surface area contributed by atoms with E-state index in [1.165, 1.54) is 12.8 Å². The van der Waals surface area contributed by atoms with Gasteiger partial charge in [0, 0.05) is 18.4 Å². The van der Waals surface area contributed by atoms with Gasteiger partial charge in [0.2, 0.25) is 0 Å². The normalized spacial score (nSPS) is 25.0. The maximum absolute atomic E-state index is 10.4. The van der Waals surface area contributed by atoms with Crippen LogP contribution in [0, 0.1) is 0 Å². The predicted octanol–water partition coefficient (Wildman–Crippen LogP) is 1.22. The minimum atomic E-state index is -0.886. The second kappa shape index (κ2) is 4.89. The Morgan fingerprint density at radius 2 is 2.38 bits per heavy atom. The molecule has 88 valence electrons. The Kier molecular flexibility index (Phi) is 3.51. The largest absolute Gasteiger partial charge is 0.384 e. The summed E-state index contributed by atoms with van der Waals surface area (Å²) in [5, 5.41) is 13.8. The van der Waals surface area contributed by atoms with Crippen LogP contribution in [0.5, 0.6) is 0 Å². The molecule has 0 saturated carbocycles. The van der Waals surface area contributed by atoms with E-state index < -0.39 is 5.60 Å². The van der Waals surface area contributed by atoms with E-state index in [1.807, 2.05) is 6.92 Å². The Balaban J connectivity index is 2.01. The molecule has 1 saturated heterocycles. The van der Waals surface area contributed by atoms with Crippen LogP contribution in [0.1, 0.15) is 38.3 Å². The highest BCUT2D eigenvalue weighted by Crippen LogP contribution is 2.26. The fourth-order valence-electron chi connectivity index (χ4n) is 2.26. The summed E-state index contributed by atoms with van der Waals surface area (Å²) in [7, 11) is 0. The van der Waals surface area contributed by atoms with Crippen LogP contribution in [-0.2, 0) is 5.60 Å². The quantitative estimate of drug-likeness (QED) is 0.805. The van der Waals surface area contributed by atoms with E-state index in [0.717, 1.165) is 13.0 Å². The maximum atomic E-state index is 10.4. The number of aliphatic hydroxyl groups is 1. The highest BCUT2D eigenvalue weighted by atomic mass is 16.3. The lowest BCUT2D eigenvalue weighted by Gasteiger charge is -2.30. The van der Waals surface area contributed by atoms with Gasteiger partial charge in [-0.25, -0.2) is 0 Å². The van der Waals surface area contributed by atoms with Crippen molar-refractivity contribution in [1.29, 1.82) is 0 Å². The van der Waals surface area contributed by atoms with Crippen molar-refractivity contribution >= 4 is 0 Å². The van der Waals surface area contributed by atoms with Crippen molar-refractivity contribution in [1.82, 2.24) is 15.3 Å². The Labute approximate surface area is 96.1 Å². The van der Waals surface area contributed by atoms with Gasteiger partial charge in [-0.1, -0.05) is 6.42 Å². The number of hydrogen-bond acceptors (Lipinski definition) is 4. The van der Waals surface area contributed by atoms with Gasteiger partial charge in [0.15, 0.2) is 0 Å². The molecule has 2 heterocycles. The molecule has 1 aliphatic heterocycles. The Morgan fingerprint density at radius 1 is 1.50 bits per heavy atom. The SMILES string of the molecule is CC(O)(CC1CCCCN1)c1cnccn1. The zero-order chi connectivity index (χ0) is 11.4. The second-order valence-electron chi connectivity index (χ2n) is 4.72.